The molecule has 0 radical (unpaired) electrons. The van der Waals surface area contributed by atoms with Gasteiger partial charge in [0.15, 0.2) is 0 Å². The second-order valence-corrected chi connectivity index (χ2v) is 9.34. The van der Waals surface area contributed by atoms with Gasteiger partial charge in [0.1, 0.15) is 5.75 Å². The Morgan fingerprint density at radius 1 is 1.07 bits per heavy atom. The molecule has 2 aromatic carbocycles. The number of halogens is 1. The third-order valence-electron chi connectivity index (χ3n) is 5.03. The molecular formula is C22H23ClN2O4S. The van der Waals surface area contributed by atoms with Gasteiger partial charge in [-0.25, -0.2) is 8.42 Å². The van der Waals surface area contributed by atoms with Crippen molar-refractivity contribution in [2.24, 2.45) is 0 Å². The molecule has 0 spiro atoms. The molecule has 3 aromatic rings. The number of sulfone groups is 1. The zero-order chi connectivity index (χ0) is 21.1. The van der Waals surface area contributed by atoms with E-state index in [0.29, 0.717) is 22.9 Å². The molecule has 4 rings (SSSR count). The highest BCUT2D eigenvalue weighted by molar-refractivity contribution is 7.91. The molecule has 0 bridgehead atoms. The number of oxazole rings is 1. The van der Waals surface area contributed by atoms with E-state index in [1.807, 2.05) is 17.9 Å². The lowest BCUT2D eigenvalue weighted by Gasteiger charge is -2.26. The van der Waals surface area contributed by atoms with Gasteiger partial charge in [0.05, 0.1) is 22.1 Å². The van der Waals surface area contributed by atoms with Crippen molar-refractivity contribution in [2.45, 2.75) is 36.1 Å². The smallest absolute Gasteiger partial charge is 0.236 e. The normalized spacial score (nSPS) is 14.7. The second-order valence-electron chi connectivity index (χ2n) is 7.06. The van der Waals surface area contributed by atoms with Crippen LogP contribution in [0.25, 0.3) is 11.5 Å². The second kappa shape index (κ2) is 8.70. The van der Waals surface area contributed by atoms with Gasteiger partial charge in [-0.05, 0) is 62.6 Å². The third-order valence-corrected chi connectivity index (χ3v) is 7.02. The van der Waals surface area contributed by atoms with Gasteiger partial charge in [-0.15, -0.1) is 0 Å². The summed E-state index contributed by atoms with van der Waals surface area (Å²) < 4.78 is 38.4. The third kappa shape index (κ3) is 4.04. The number of nitrogens with zero attached hydrogens (tertiary/aromatic N) is 2. The standard InChI is InChI=1S/C22H23ClN2O4S/c1-2-28-16-10-12-17(13-11-16)30(26,27)21-22(25-14-6-3-7-15-25)29-20(24-21)18-8-4-5-9-19(18)23/h4-5,8-13H,2-3,6-7,14-15H2,1H3. The maximum atomic E-state index is 13.5. The molecule has 2 heterocycles. The van der Waals surface area contributed by atoms with E-state index in [-0.39, 0.29) is 21.7 Å². The summed E-state index contributed by atoms with van der Waals surface area (Å²) in [5, 5.41) is 0.373. The molecule has 0 unspecified atom stereocenters. The summed E-state index contributed by atoms with van der Waals surface area (Å²) in [5.74, 6) is 1.09. The highest BCUT2D eigenvalue weighted by Gasteiger charge is 2.32. The monoisotopic (exact) mass is 446 g/mol. The molecule has 158 valence electrons. The van der Waals surface area contributed by atoms with Gasteiger partial charge >= 0.3 is 0 Å². The van der Waals surface area contributed by atoms with E-state index < -0.39 is 9.84 Å². The van der Waals surface area contributed by atoms with Crippen LogP contribution in [0.4, 0.5) is 5.88 Å². The summed E-state index contributed by atoms with van der Waals surface area (Å²) in [6.07, 6.45) is 3.07. The highest BCUT2D eigenvalue weighted by Crippen LogP contribution is 2.37. The van der Waals surface area contributed by atoms with Gasteiger partial charge in [-0.2, -0.15) is 4.98 Å². The lowest BCUT2D eigenvalue weighted by atomic mass is 10.1. The van der Waals surface area contributed by atoms with Gasteiger partial charge in [-0.3, -0.25) is 0 Å². The van der Waals surface area contributed by atoms with E-state index in [4.69, 9.17) is 20.8 Å². The molecule has 0 atom stereocenters. The van der Waals surface area contributed by atoms with Crippen molar-refractivity contribution in [1.82, 2.24) is 4.98 Å². The van der Waals surface area contributed by atoms with Crippen molar-refractivity contribution in [3.8, 4) is 17.2 Å². The molecule has 1 aliphatic heterocycles. The number of hydrogen-bond acceptors (Lipinski definition) is 6. The van der Waals surface area contributed by atoms with Gasteiger partial charge in [0.25, 0.3) is 0 Å². The number of anilines is 1. The first-order valence-corrected chi connectivity index (χ1v) is 11.9. The predicted octanol–water partition coefficient (Wildman–Crippen LogP) is 5.22. The van der Waals surface area contributed by atoms with Crippen LogP contribution in [0, 0.1) is 0 Å². The Labute approximate surface area is 181 Å². The zero-order valence-corrected chi connectivity index (χ0v) is 18.2. The molecule has 8 heteroatoms. The Kier molecular flexibility index (Phi) is 6.01. The van der Waals surface area contributed by atoms with Gasteiger partial charge in [-0.1, -0.05) is 23.7 Å². The molecule has 0 aliphatic carbocycles. The number of ether oxygens (including phenoxy) is 1. The van der Waals surface area contributed by atoms with Crippen LogP contribution >= 0.6 is 11.6 Å². The number of benzene rings is 2. The molecule has 1 saturated heterocycles. The van der Waals surface area contributed by atoms with Crippen LogP contribution in [-0.4, -0.2) is 33.1 Å². The largest absolute Gasteiger partial charge is 0.494 e. The predicted molar refractivity (Wildman–Crippen MR) is 116 cm³/mol. The maximum Gasteiger partial charge on any atom is 0.236 e. The lowest BCUT2D eigenvalue weighted by Crippen LogP contribution is -2.30. The fourth-order valence-corrected chi connectivity index (χ4v) is 5.05. The Morgan fingerprint density at radius 3 is 2.43 bits per heavy atom. The summed E-state index contributed by atoms with van der Waals surface area (Å²) in [7, 11) is -3.90. The summed E-state index contributed by atoms with van der Waals surface area (Å²) >= 11 is 6.31. The highest BCUT2D eigenvalue weighted by atomic mass is 35.5. The van der Waals surface area contributed by atoms with Crippen LogP contribution in [0.2, 0.25) is 5.02 Å². The maximum absolute atomic E-state index is 13.5. The van der Waals surface area contributed by atoms with Gasteiger partial charge in [0.2, 0.25) is 26.6 Å². The number of piperidine rings is 1. The SMILES string of the molecule is CCOc1ccc(S(=O)(=O)c2nc(-c3ccccc3Cl)oc2N2CCCCC2)cc1. The van der Waals surface area contributed by atoms with E-state index in [0.717, 1.165) is 32.4 Å². The molecule has 0 N–H and O–H groups in total. The molecule has 0 saturated carbocycles. The molecule has 1 fully saturated rings. The summed E-state index contributed by atoms with van der Waals surface area (Å²) in [5.41, 5.74) is 0.561. The minimum absolute atomic E-state index is 0.0801. The Hall–Kier alpha value is -2.51. The van der Waals surface area contributed by atoms with Crippen molar-refractivity contribution in [2.75, 3.05) is 24.6 Å². The van der Waals surface area contributed by atoms with E-state index >= 15 is 0 Å². The Morgan fingerprint density at radius 2 is 1.77 bits per heavy atom. The van der Waals surface area contributed by atoms with Crippen molar-refractivity contribution >= 4 is 27.3 Å². The fourth-order valence-electron chi connectivity index (χ4n) is 3.51. The van der Waals surface area contributed by atoms with Crippen LogP contribution in [0.1, 0.15) is 26.2 Å². The molecule has 1 aromatic heterocycles. The van der Waals surface area contributed by atoms with Crippen molar-refractivity contribution in [1.29, 1.82) is 0 Å². The number of hydrogen-bond donors (Lipinski definition) is 0. The van der Waals surface area contributed by atoms with Crippen LogP contribution in [-0.2, 0) is 9.84 Å². The molecular weight excluding hydrogens is 424 g/mol. The zero-order valence-electron chi connectivity index (χ0n) is 16.7. The molecule has 0 amide bonds. The first-order valence-electron chi connectivity index (χ1n) is 9.99. The average molecular weight is 447 g/mol. The van der Waals surface area contributed by atoms with E-state index in [1.165, 1.54) is 12.1 Å². The van der Waals surface area contributed by atoms with Crippen molar-refractivity contribution in [3.05, 3.63) is 53.6 Å². The first kappa shape index (κ1) is 20.8. The van der Waals surface area contributed by atoms with Crippen LogP contribution in [0.5, 0.6) is 5.75 Å². The summed E-state index contributed by atoms with van der Waals surface area (Å²) in [6.45, 7) is 3.84. The minimum Gasteiger partial charge on any atom is -0.494 e. The van der Waals surface area contributed by atoms with E-state index in [9.17, 15) is 8.42 Å². The topological polar surface area (TPSA) is 72.6 Å². The first-order chi connectivity index (χ1) is 14.5. The number of rotatable bonds is 6. The average Bonchev–Trinajstić information content (AvgIpc) is 3.21. The molecule has 1 aliphatic rings. The quantitative estimate of drug-likeness (QED) is 0.517. The van der Waals surface area contributed by atoms with Crippen molar-refractivity contribution in [3.63, 3.8) is 0 Å². The Bertz CT molecular complexity index is 1120. The van der Waals surface area contributed by atoms with Crippen LogP contribution < -0.4 is 9.64 Å². The fraction of sp³-hybridized carbons (Fsp3) is 0.318. The van der Waals surface area contributed by atoms with Gasteiger partial charge in [0, 0.05) is 13.1 Å². The molecule has 6 nitrogen and oxygen atoms in total. The van der Waals surface area contributed by atoms with Crippen molar-refractivity contribution < 1.29 is 17.6 Å². The lowest BCUT2D eigenvalue weighted by molar-refractivity contribution is 0.340. The summed E-state index contributed by atoms with van der Waals surface area (Å²) in [6, 6.07) is 13.5. The van der Waals surface area contributed by atoms with E-state index in [2.05, 4.69) is 4.98 Å². The van der Waals surface area contributed by atoms with E-state index in [1.54, 1.807) is 30.3 Å². The van der Waals surface area contributed by atoms with Crippen LogP contribution in [0.3, 0.4) is 0 Å². The summed E-state index contributed by atoms with van der Waals surface area (Å²) in [4.78, 5) is 6.51. The number of aromatic nitrogens is 1. The molecule has 30 heavy (non-hydrogen) atoms. The Balaban J connectivity index is 1.81. The van der Waals surface area contributed by atoms with Crippen LogP contribution in [0.15, 0.2) is 62.9 Å². The van der Waals surface area contributed by atoms with Gasteiger partial charge < -0.3 is 14.1 Å². The minimum atomic E-state index is -3.90.